The third-order valence-corrected chi connectivity index (χ3v) is 5.52. The Morgan fingerprint density at radius 1 is 1.07 bits per heavy atom. The maximum atomic E-state index is 13.0. The molecule has 4 rings (SSSR count). The van der Waals surface area contributed by atoms with Gasteiger partial charge in [-0.1, -0.05) is 42.8 Å². The highest BCUT2D eigenvalue weighted by atomic mass is 35.5. The van der Waals surface area contributed by atoms with Gasteiger partial charge in [0.05, 0.1) is 24.4 Å². The van der Waals surface area contributed by atoms with E-state index >= 15 is 0 Å². The topological polar surface area (TPSA) is 70.8 Å². The Morgan fingerprint density at radius 3 is 2.37 bits per heavy atom. The van der Waals surface area contributed by atoms with Gasteiger partial charge in [-0.05, 0) is 53.9 Å². The van der Waals surface area contributed by atoms with Crippen LogP contribution < -0.4 is 0 Å². The van der Waals surface area contributed by atoms with Crippen molar-refractivity contribution in [3.63, 3.8) is 0 Å². The normalized spacial score (nSPS) is 18.2. The Hall–Kier alpha value is -3.31. The van der Waals surface area contributed by atoms with Crippen LogP contribution in [0.25, 0.3) is 5.76 Å². The molecule has 1 saturated heterocycles. The number of hydrogen-bond acceptors (Lipinski definition) is 4. The first kappa shape index (κ1) is 20.0. The lowest BCUT2D eigenvalue weighted by Crippen LogP contribution is -2.29. The molecule has 0 aliphatic carbocycles. The number of amides is 1. The maximum Gasteiger partial charge on any atom is 0.296 e. The first-order valence-electron chi connectivity index (χ1n) is 9.65. The van der Waals surface area contributed by atoms with Crippen LogP contribution in [0.2, 0.25) is 5.02 Å². The Balaban J connectivity index is 1.85. The Kier molecular flexibility index (Phi) is 5.46. The van der Waals surface area contributed by atoms with Gasteiger partial charge in [0, 0.05) is 10.6 Å². The minimum Gasteiger partial charge on any atom is -0.507 e. The van der Waals surface area contributed by atoms with Crippen molar-refractivity contribution < 1.29 is 19.1 Å². The van der Waals surface area contributed by atoms with Crippen molar-refractivity contribution in [3.05, 3.63) is 100.0 Å². The predicted octanol–water partition coefficient (Wildman–Crippen LogP) is 5.12. The van der Waals surface area contributed by atoms with Crippen LogP contribution in [-0.2, 0) is 22.6 Å². The standard InChI is InChI=1S/C24H20ClNO4/c1-2-15-5-7-16(8-6-15)21-20(22(27)17-9-11-18(25)12-10-17)23(28)24(29)26(21)14-19-4-3-13-30-19/h3-13,21,27H,2,14H2,1H3/t21-/m0/s1. The summed E-state index contributed by atoms with van der Waals surface area (Å²) in [5.41, 5.74) is 2.36. The molecule has 1 aliphatic heterocycles. The van der Waals surface area contributed by atoms with Gasteiger partial charge in [0.25, 0.3) is 11.7 Å². The first-order valence-corrected chi connectivity index (χ1v) is 10.0. The largest absolute Gasteiger partial charge is 0.507 e. The van der Waals surface area contributed by atoms with Crippen molar-refractivity contribution in [1.29, 1.82) is 0 Å². The third kappa shape index (κ3) is 3.64. The number of halogens is 1. The molecule has 0 spiro atoms. The number of benzene rings is 2. The zero-order chi connectivity index (χ0) is 21.3. The molecule has 3 aromatic rings. The van der Waals surface area contributed by atoms with Crippen LogP contribution in [0.1, 0.15) is 35.4 Å². The molecule has 152 valence electrons. The smallest absolute Gasteiger partial charge is 0.296 e. The van der Waals surface area contributed by atoms with Crippen molar-refractivity contribution in [2.45, 2.75) is 25.9 Å². The monoisotopic (exact) mass is 421 g/mol. The van der Waals surface area contributed by atoms with Gasteiger partial charge in [0.1, 0.15) is 11.5 Å². The number of rotatable bonds is 5. The van der Waals surface area contributed by atoms with Crippen molar-refractivity contribution >= 4 is 29.1 Å². The van der Waals surface area contributed by atoms with Gasteiger partial charge in [-0.25, -0.2) is 0 Å². The van der Waals surface area contributed by atoms with E-state index < -0.39 is 17.7 Å². The fraction of sp³-hybridized carbons (Fsp3) is 0.167. The number of carbonyl (C=O) groups is 2. The van der Waals surface area contributed by atoms with Crippen LogP contribution in [0.3, 0.4) is 0 Å². The van der Waals surface area contributed by atoms with E-state index in [-0.39, 0.29) is 17.9 Å². The number of hydrogen-bond donors (Lipinski definition) is 1. The Labute approximate surface area is 179 Å². The van der Waals surface area contributed by atoms with Gasteiger partial charge in [0.15, 0.2) is 0 Å². The van der Waals surface area contributed by atoms with Gasteiger partial charge in [-0.2, -0.15) is 0 Å². The van der Waals surface area contributed by atoms with Gasteiger partial charge in [-0.3, -0.25) is 9.59 Å². The highest BCUT2D eigenvalue weighted by molar-refractivity contribution is 6.46. The fourth-order valence-electron chi connectivity index (χ4n) is 3.66. The van der Waals surface area contributed by atoms with E-state index in [1.165, 1.54) is 11.2 Å². The van der Waals surface area contributed by atoms with E-state index in [0.717, 1.165) is 17.5 Å². The molecule has 1 amide bonds. The highest BCUT2D eigenvalue weighted by Gasteiger charge is 2.46. The number of aliphatic hydroxyl groups is 1. The number of ketones is 1. The molecule has 1 aromatic heterocycles. The van der Waals surface area contributed by atoms with Crippen LogP contribution in [0.5, 0.6) is 0 Å². The van der Waals surface area contributed by atoms with E-state index in [1.54, 1.807) is 36.4 Å². The molecule has 2 heterocycles. The van der Waals surface area contributed by atoms with Gasteiger partial charge in [-0.15, -0.1) is 0 Å². The molecule has 2 aromatic carbocycles. The second-order valence-corrected chi connectivity index (χ2v) is 7.54. The molecule has 1 N–H and O–H groups in total. The second-order valence-electron chi connectivity index (χ2n) is 7.11. The van der Waals surface area contributed by atoms with Crippen LogP contribution in [0, 0.1) is 0 Å². The fourth-order valence-corrected chi connectivity index (χ4v) is 3.78. The number of Topliss-reactive ketones (excluding diaryl/α,β-unsaturated/α-hetero) is 1. The molecule has 30 heavy (non-hydrogen) atoms. The summed E-state index contributed by atoms with van der Waals surface area (Å²) in [6.45, 7) is 2.17. The number of carbonyl (C=O) groups excluding carboxylic acids is 2. The van der Waals surface area contributed by atoms with E-state index in [4.69, 9.17) is 16.0 Å². The average molecular weight is 422 g/mol. The van der Waals surface area contributed by atoms with Gasteiger partial charge < -0.3 is 14.4 Å². The minimum absolute atomic E-state index is 0.0538. The van der Waals surface area contributed by atoms with Crippen LogP contribution in [0.4, 0.5) is 0 Å². The molecule has 0 unspecified atom stereocenters. The lowest BCUT2D eigenvalue weighted by atomic mass is 9.94. The molecular formula is C24H20ClNO4. The number of aliphatic hydroxyl groups excluding tert-OH is 1. The van der Waals surface area contributed by atoms with Crippen molar-refractivity contribution in [1.82, 2.24) is 4.90 Å². The van der Waals surface area contributed by atoms with E-state index in [0.29, 0.717) is 16.3 Å². The highest BCUT2D eigenvalue weighted by Crippen LogP contribution is 2.40. The summed E-state index contributed by atoms with van der Waals surface area (Å²) in [5.74, 6) is -1.07. The molecule has 1 aliphatic rings. The second kappa shape index (κ2) is 8.20. The SMILES string of the molecule is CCc1ccc([C@H]2C(=C(O)c3ccc(Cl)cc3)C(=O)C(=O)N2Cc2ccco2)cc1. The number of aryl methyl sites for hydroxylation is 1. The minimum atomic E-state index is -0.725. The van der Waals surface area contributed by atoms with Crippen LogP contribution in [-0.4, -0.2) is 21.7 Å². The molecule has 1 fully saturated rings. The number of likely N-dealkylation sites (tertiary alicyclic amines) is 1. The van der Waals surface area contributed by atoms with Crippen LogP contribution >= 0.6 is 11.6 Å². The van der Waals surface area contributed by atoms with Crippen molar-refractivity contribution in [2.24, 2.45) is 0 Å². The van der Waals surface area contributed by atoms with Crippen molar-refractivity contribution in [2.75, 3.05) is 0 Å². The van der Waals surface area contributed by atoms with Crippen molar-refractivity contribution in [3.8, 4) is 0 Å². The summed E-state index contributed by atoms with van der Waals surface area (Å²) in [7, 11) is 0. The lowest BCUT2D eigenvalue weighted by Gasteiger charge is -2.24. The first-order chi connectivity index (χ1) is 14.5. The number of furan rings is 1. The zero-order valence-corrected chi connectivity index (χ0v) is 17.1. The summed E-state index contributed by atoms with van der Waals surface area (Å²) < 4.78 is 5.39. The maximum absolute atomic E-state index is 13.0. The molecule has 0 bridgehead atoms. The molecule has 6 heteroatoms. The van der Waals surface area contributed by atoms with E-state index in [1.807, 2.05) is 24.3 Å². The summed E-state index contributed by atoms with van der Waals surface area (Å²) in [6, 6.07) is 16.9. The van der Waals surface area contributed by atoms with Gasteiger partial charge >= 0.3 is 0 Å². The summed E-state index contributed by atoms with van der Waals surface area (Å²) in [4.78, 5) is 27.3. The predicted molar refractivity (Wildman–Crippen MR) is 114 cm³/mol. The molecule has 0 radical (unpaired) electrons. The van der Waals surface area contributed by atoms with E-state index in [9.17, 15) is 14.7 Å². The average Bonchev–Trinajstić information content (AvgIpc) is 3.36. The Bertz CT molecular complexity index is 1100. The lowest BCUT2D eigenvalue weighted by molar-refractivity contribution is -0.140. The third-order valence-electron chi connectivity index (χ3n) is 5.27. The molecule has 5 nitrogen and oxygen atoms in total. The van der Waals surface area contributed by atoms with Crippen LogP contribution in [0.15, 0.2) is 76.9 Å². The molecular weight excluding hydrogens is 402 g/mol. The summed E-state index contributed by atoms with van der Waals surface area (Å²) in [6.07, 6.45) is 2.39. The van der Waals surface area contributed by atoms with Gasteiger partial charge in [0.2, 0.25) is 0 Å². The Morgan fingerprint density at radius 2 is 1.77 bits per heavy atom. The quantitative estimate of drug-likeness (QED) is 0.352. The summed E-state index contributed by atoms with van der Waals surface area (Å²) >= 11 is 5.95. The molecule has 1 atom stereocenters. The molecule has 0 saturated carbocycles. The zero-order valence-electron chi connectivity index (χ0n) is 16.3. The summed E-state index contributed by atoms with van der Waals surface area (Å²) in [5, 5.41) is 11.5. The number of nitrogens with zero attached hydrogens (tertiary/aromatic N) is 1. The van der Waals surface area contributed by atoms with E-state index in [2.05, 4.69) is 6.92 Å².